The van der Waals surface area contributed by atoms with Crippen molar-refractivity contribution in [3.8, 4) is 11.3 Å². The van der Waals surface area contributed by atoms with E-state index in [9.17, 15) is 4.79 Å². The molecule has 0 fully saturated rings. The first-order valence-electron chi connectivity index (χ1n) is 5.63. The highest BCUT2D eigenvalue weighted by Gasteiger charge is 2.20. The molecule has 1 N–H and O–H groups in total. The first-order valence-corrected chi connectivity index (χ1v) is 5.63. The predicted octanol–water partition coefficient (Wildman–Crippen LogP) is 2.11. The van der Waals surface area contributed by atoms with Crippen LogP contribution in [-0.2, 0) is 7.05 Å². The van der Waals surface area contributed by atoms with E-state index in [4.69, 9.17) is 5.11 Å². The fourth-order valence-corrected chi connectivity index (χ4v) is 1.94. The summed E-state index contributed by atoms with van der Waals surface area (Å²) in [5.41, 5.74) is 4.60. The first kappa shape index (κ1) is 12.3. The molecule has 0 spiro atoms. The Morgan fingerprint density at radius 1 is 1.17 bits per heavy atom. The van der Waals surface area contributed by atoms with Gasteiger partial charge >= 0.3 is 5.97 Å². The highest BCUT2D eigenvalue weighted by atomic mass is 16.4. The molecule has 0 atom stereocenters. The monoisotopic (exact) mass is 245 g/mol. The third-order valence-electron chi connectivity index (χ3n) is 3.23. The van der Waals surface area contributed by atoms with Gasteiger partial charge in [-0.05, 0) is 37.5 Å². The smallest absolute Gasteiger partial charge is 0.358 e. The molecule has 2 rings (SSSR count). The average molecular weight is 245 g/mol. The Morgan fingerprint density at radius 2 is 1.83 bits per heavy atom. The molecule has 0 saturated carbocycles. The van der Waals surface area contributed by atoms with E-state index < -0.39 is 5.97 Å². The van der Waals surface area contributed by atoms with Crippen molar-refractivity contribution in [2.75, 3.05) is 0 Å². The molecule has 0 aliphatic carbocycles. The van der Waals surface area contributed by atoms with Crippen LogP contribution in [0.15, 0.2) is 12.1 Å². The molecule has 0 unspecified atom stereocenters. The van der Waals surface area contributed by atoms with E-state index in [1.165, 1.54) is 10.4 Å². The Bertz CT molecular complexity index is 629. The number of benzene rings is 1. The minimum Gasteiger partial charge on any atom is -0.476 e. The van der Waals surface area contributed by atoms with Gasteiger partial charge in [-0.3, -0.25) is 0 Å². The van der Waals surface area contributed by atoms with Crippen LogP contribution < -0.4 is 0 Å². The Kier molecular flexibility index (Phi) is 2.90. The van der Waals surface area contributed by atoms with Gasteiger partial charge in [0.2, 0.25) is 0 Å². The second-order valence-corrected chi connectivity index (χ2v) is 4.37. The Hall–Kier alpha value is -2.17. The number of rotatable bonds is 2. The summed E-state index contributed by atoms with van der Waals surface area (Å²) in [6, 6.07) is 3.87. The SMILES string of the molecule is Cc1ccc(-c2nn(C)nc2C(=O)O)c(C)c1C. The standard InChI is InChI=1S/C13H15N3O2/c1-7-5-6-10(9(3)8(7)2)11-12(13(17)18)15-16(4)14-11/h5-6H,1-4H3,(H,17,18). The lowest BCUT2D eigenvalue weighted by molar-refractivity contribution is 0.0690. The quantitative estimate of drug-likeness (QED) is 0.879. The highest BCUT2D eigenvalue weighted by molar-refractivity contribution is 5.93. The van der Waals surface area contributed by atoms with Crippen LogP contribution in [0.25, 0.3) is 11.3 Å². The number of aryl methyl sites for hydroxylation is 2. The van der Waals surface area contributed by atoms with Gasteiger partial charge in [0, 0.05) is 12.6 Å². The molecule has 0 bridgehead atoms. The van der Waals surface area contributed by atoms with Crippen LogP contribution in [0.2, 0.25) is 0 Å². The Labute approximate surface area is 105 Å². The van der Waals surface area contributed by atoms with Gasteiger partial charge in [-0.25, -0.2) is 4.79 Å². The van der Waals surface area contributed by atoms with Gasteiger partial charge in [0.25, 0.3) is 0 Å². The van der Waals surface area contributed by atoms with Crippen LogP contribution >= 0.6 is 0 Å². The number of aromatic carboxylic acids is 1. The minimum atomic E-state index is -1.06. The molecule has 0 aliphatic heterocycles. The number of aromatic nitrogens is 3. The van der Waals surface area contributed by atoms with E-state index in [1.807, 2.05) is 32.9 Å². The maximum atomic E-state index is 11.2. The zero-order valence-electron chi connectivity index (χ0n) is 10.9. The van der Waals surface area contributed by atoms with Crippen molar-refractivity contribution in [1.82, 2.24) is 15.0 Å². The number of carbonyl (C=O) groups is 1. The number of hydrogen-bond donors (Lipinski definition) is 1. The van der Waals surface area contributed by atoms with E-state index in [0.717, 1.165) is 16.7 Å². The fourth-order valence-electron chi connectivity index (χ4n) is 1.94. The molecule has 0 radical (unpaired) electrons. The second kappa shape index (κ2) is 4.25. The van der Waals surface area contributed by atoms with Crippen molar-refractivity contribution >= 4 is 5.97 Å². The number of carboxylic acids is 1. The maximum absolute atomic E-state index is 11.2. The van der Waals surface area contributed by atoms with E-state index in [2.05, 4.69) is 10.2 Å². The summed E-state index contributed by atoms with van der Waals surface area (Å²) in [6.07, 6.45) is 0. The summed E-state index contributed by atoms with van der Waals surface area (Å²) >= 11 is 0. The largest absolute Gasteiger partial charge is 0.476 e. The van der Waals surface area contributed by atoms with Crippen molar-refractivity contribution in [2.24, 2.45) is 7.05 Å². The van der Waals surface area contributed by atoms with Gasteiger partial charge < -0.3 is 5.11 Å². The van der Waals surface area contributed by atoms with Crippen molar-refractivity contribution in [1.29, 1.82) is 0 Å². The van der Waals surface area contributed by atoms with Crippen LogP contribution in [0.5, 0.6) is 0 Å². The van der Waals surface area contributed by atoms with Crippen molar-refractivity contribution < 1.29 is 9.90 Å². The van der Waals surface area contributed by atoms with Crippen molar-refractivity contribution in [2.45, 2.75) is 20.8 Å². The second-order valence-electron chi connectivity index (χ2n) is 4.37. The molecule has 5 heteroatoms. The van der Waals surface area contributed by atoms with E-state index in [-0.39, 0.29) is 5.69 Å². The summed E-state index contributed by atoms with van der Waals surface area (Å²) in [6.45, 7) is 6.02. The molecule has 1 aromatic heterocycles. The van der Waals surface area contributed by atoms with Gasteiger partial charge in [-0.15, -0.1) is 5.10 Å². The lowest BCUT2D eigenvalue weighted by Crippen LogP contribution is -2.01. The van der Waals surface area contributed by atoms with Gasteiger partial charge in [0.1, 0.15) is 5.69 Å². The van der Waals surface area contributed by atoms with E-state index >= 15 is 0 Å². The van der Waals surface area contributed by atoms with Gasteiger partial charge in [0.15, 0.2) is 5.69 Å². The molecule has 18 heavy (non-hydrogen) atoms. The molecular formula is C13H15N3O2. The van der Waals surface area contributed by atoms with E-state index in [0.29, 0.717) is 5.69 Å². The van der Waals surface area contributed by atoms with Crippen LogP contribution in [0.3, 0.4) is 0 Å². The Balaban J connectivity index is 2.70. The predicted molar refractivity (Wildman–Crippen MR) is 67.6 cm³/mol. The summed E-state index contributed by atoms with van der Waals surface area (Å²) in [4.78, 5) is 12.4. The van der Waals surface area contributed by atoms with Gasteiger partial charge in [-0.1, -0.05) is 12.1 Å². The molecule has 1 aromatic carbocycles. The van der Waals surface area contributed by atoms with Crippen LogP contribution in [0, 0.1) is 20.8 Å². The van der Waals surface area contributed by atoms with Crippen molar-refractivity contribution in [3.63, 3.8) is 0 Å². The number of carboxylic acid groups (broad SMARTS) is 1. The van der Waals surface area contributed by atoms with Crippen LogP contribution in [-0.4, -0.2) is 26.1 Å². The highest BCUT2D eigenvalue weighted by Crippen LogP contribution is 2.27. The third kappa shape index (κ3) is 1.88. The zero-order chi connectivity index (χ0) is 13.4. The number of hydrogen-bond acceptors (Lipinski definition) is 3. The average Bonchev–Trinajstić information content (AvgIpc) is 2.68. The molecule has 1 heterocycles. The van der Waals surface area contributed by atoms with Gasteiger partial charge in [0.05, 0.1) is 0 Å². The maximum Gasteiger partial charge on any atom is 0.358 e. The minimum absolute atomic E-state index is 0.0103. The van der Waals surface area contributed by atoms with E-state index in [1.54, 1.807) is 7.05 Å². The molecule has 5 nitrogen and oxygen atoms in total. The molecule has 0 saturated heterocycles. The van der Waals surface area contributed by atoms with Crippen molar-refractivity contribution in [3.05, 3.63) is 34.5 Å². The third-order valence-corrected chi connectivity index (χ3v) is 3.23. The first-order chi connectivity index (χ1) is 8.41. The number of nitrogens with zero attached hydrogens (tertiary/aromatic N) is 3. The summed E-state index contributed by atoms with van der Waals surface area (Å²) < 4.78 is 0. The lowest BCUT2D eigenvalue weighted by Gasteiger charge is -2.09. The molecular weight excluding hydrogens is 230 g/mol. The fraction of sp³-hybridized carbons (Fsp3) is 0.308. The van der Waals surface area contributed by atoms with Crippen LogP contribution in [0.1, 0.15) is 27.2 Å². The topological polar surface area (TPSA) is 68.0 Å². The Morgan fingerprint density at radius 3 is 2.44 bits per heavy atom. The summed E-state index contributed by atoms with van der Waals surface area (Å²) in [7, 11) is 1.62. The normalized spacial score (nSPS) is 10.7. The van der Waals surface area contributed by atoms with Crippen LogP contribution in [0.4, 0.5) is 0 Å². The molecule has 2 aromatic rings. The molecule has 94 valence electrons. The summed E-state index contributed by atoms with van der Waals surface area (Å²) in [5, 5.41) is 17.2. The molecule has 0 amide bonds. The van der Waals surface area contributed by atoms with Gasteiger partial charge in [-0.2, -0.15) is 9.90 Å². The zero-order valence-corrected chi connectivity index (χ0v) is 10.9. The molecule has 0 aliphatic rings. The lowest BCUT2D eigenvalue weighted by atomic mass is 9.96. The summed E-state index contributed by atoms with van der Waals surface area (Å²) in [5.74, 6) is -1.06.